The second-order valence-electron chi connectivity index (χ2n) is 6.30. The van der Waals surface area contributed by atoms with E-state index >= 15 is 0 Å². The molecule has 2 rings (SSSR count). The Hall–Kier alpha value is -2.08. The number of ether oxygens (including phenoxy) is 1. The summed E-state index contributed by atoms with van der Waals surface area (Å²) < 4.78 is 5.16. The van der Waals surface area contributed by atoms with Crippen LogP contribution in [0.2, 0.25) is 0 Å². The fraction of sp³-hybridized carbons (Fsp3) is 0.529. The van der Waals surface area contributed by atoms with Crippen LogP contribution in [0.3, 0.4) is 0 Å². The van der Waals surface area contributed by atoms with Gasteiger partial charge in [-0.15, -0.1) is 0 Å². The van der Waals surface area contributed by atoms with Gasteiger partial charge in [-0.2, -0.15) is 0 Å². The van der Waals surface area contributed by atoms with Crippen molar-refractivity contribution in [1.82, 2.24) is 10.6 Å². The number of carbonyl (C=O) groups is 2. The molecule has 0 heterocycles. The molecule has 1 aliphatic rings. The number of carbonyl (C=O) groups excluding carboxylic acids is 1. The standard InChI is InChI=1S/C17H24N2O4/c1-11(2)15(16(20)21)18-13-8-14(9-13)19-17(22)23-10-12-6-4-3-5-7-12/h3-7,11,13-15,18H,8-10H2,1-2H3,(H,19,22)(H,20,21). The molecule has 1 atom stereocenters. The van der Waals surface area contributed by atoms with Crippen molar-refractivity contribution in [2.75, 3.05) is 0 Å². The van der Waals surface area contributed by atoms with Crippen LogP contribution >= 0.6 is 0 Å². The van der Waals surface area contributed by atoms with Crippen LogP contribution in [0.4, 0.5) is 4.79 Å². The third-order valence-corrected chi connectivity index (χ3v) is 4.02. The molecule has 0 radical (unpaired) electrons. The van der Waals surface area contributed by atoms with Crippen LogP contribution in [0.1, 0.15) is 32.3 Å². The summed E-state index contributed by atoms with van der Waals surface area (Å²) in [6.45, 7) is 4.00. The fourth-order valence-electron chi connectivity index (χ4n) is 2.61. The number of carboxylic acid groups (broad SMARTS) is 1. The Balaban J connectivity index is 1.65. The van der Waals surface area contributed by atoms with Crippen molar-refractivity contribution < 1.29 is 19.4 Å². The van der Waals surface area contributed by atoms with Gasteiger partial charge in [0.1, 0.15) is 12.6 Å². The number of hydrogen-bond acceptors (Lipinski definition) is 4. The lowest BCUT2D eigenvalue weighted by molar-refractivity contribution is -0.141. The molecule has 1 saturated carbocycles. The van der Waals surface area contributed by atoms with Crippen LogP contribution in [0.15, 0.2) is 30.3 Å². The Morgan fingerprint density at radius 3 is 2.43 bits per heavy atom. The third kappa shape index (κ3) is 5.25. The quantitative estimate of drug-likeness (QED) is 0.716. The van der Waals surface area contributed by atoms with Crippen LogP contribution in [0.25, 0.3) is 0 Å². The second kappa shape index (κ2) is 7.97. The zero-order chi connectivity index (χ0) is 16.8. The van der Waals surface area contributed by atoms with E-state index in [0.29, 0.717) is 0 Å². The van der Waals surface area contributed by atoms with Gasteiger partial charge in [0, 0.05) is 12.1 Å². The van der Waals surface area contributed by atoms with Gasteiger partial charge in [-0.05, 0) is 24.3 Å². The summed E-state index contributed by atoms with van der Waals surface area (Å²) in [5.41, 5.74) is 0.942. The maximum Gasteiger partial charge on any atom is 0.407 e. The number of benzene rings is 1. The molecule has 0 aliphatic heterocycles. The van der Waals surface area contributed by atoms with Gasteiger partial charge in [0.2, 0.25) is 0 Å². The van der Waals surface area contributed by atoms with Crippen LogP contribution in [0, 0.1) is 5.92 Å². The van der Waals surface area contributed by atoms with Crippen molar-refractivity contribution in [3.63, 3.8) is 0 Å². The smallest absolute Gasteiger partial charge is 0.407 e. The zero-order valence-corrected chi connectivity index (χ0v) is 13.5. The van der Waals surface area contributed by atoms with Gasteiger partial charge in [-0.25, -0.2) is 4.79 Å². The predicted octanol–water partition coefficient (Wildman–Crippen LogP) is 2.14. The lowest BCUT2D eigenvalue weighted by atomic mass is 9.85. The van der Waals surface area contributed by atoms with E-state index in [4.69, 9.17) is 9.84 Å². The second-order valence-corrected chi connectivity index (χ2v) is 6.30. The number of nitrogens with one attached hydrogen (secondary N) is 2. The lowest BCUT2D eigenvalue weighted by Crippen LogP contribution is -2.57. The van der Waals surface area contributed by atoms with E-state index in [2.05, 4.69) is 10.6 Å². The van der Waals surface area contributed by atoms with Crippen molar-refractivity contribution in [3.05, 3.63) is 35.9 Å². The molecular formula is C17H24N2O4. The molecule has 0 saturated heterocycles. The average Bonchev–Trinajstić information content (AvgIpc) is 2.47. The molecule has 1 fully saturated rings. The highest BCUT2D eigenvalue weighted by Gasteiger charge is 2.34. The predicted molar refractivity (Wildman–Crippen MR) is 86.0 cm³/mol. The Labute approximate surface area is 136 Å². The first kappa shape index (κ1) is 17.3. The average molecular weight is 320 g/mol. The SMILES string of the molecule is CC(C)C(NC1CC(NC(=O)OCc2ccccc2)C1)C(=O)O. The molecular weight excluding hydrogens is 296 g/mol. The molecule has 1 aromatic carbocycles. The Morgan fingerprint density at radius 1 is 1.22 bits per heavy atom. The highest BCUT2D eigenvalue weighted by Crippen LogP contribution is 2.22. The highest BCUT2D eigenvalue weighted by molar-refractivity contribution is 5.73. The minimum Gasteiger partial charge on any atom is -0.480 e. The summed E-state index contributed by atoms with van der Waals surface area (Å²) in [5.74, 6) is -0.811. The van der Waals surface area contributed by atoms with E-state index in [0.717, 1.165) is 18.4 Å². The first-order valence-electron chi connectivity index (χ1n) is 7.91. The molecule has 1 aromatic rings. The molecule has 6 nitrogen and oxygen atoms in total. The zero-order valence-electron chi connectivity index (χ0n) is 13.5. The van der Waals surface area contributed by atoms with Gasteiger partial charge >= 0.3 is 12.1 Å². The minimum atomic E-state index is -0.835. The normalized spacial score (nSPS) is 21.3. The molecule has 0 aromatic heterocycles. The molecule has 1 unspecified atom stereocenters. The number of carboxylic acids is 1. The molecule has 0 spiro atoms. The largest absolute Gasteiger partial charge is 0.480 e. The Morgan fingerprint density at radius 2 is 1.87 bits per heavy atom. The van der Waals surface area contributed by atoms with Gasteiger partial charge in [0.05, 0.1) is 0 Å². The van der Waals surface area contributed by atoms with Crippen LogP contribution in [-0.2, 0) is 16.1 Å². The van der Waals surface area contributed by atoms with E-state index in [9.17, 15) is 9.59 Å². The van der Waals surface area contributed by atoms with Gasteiger partial charge < -0.3 is 20.5 Å². The number of rotatable bonds is 7. The molecule has 1 aliphatic carbocycles. The van der Waals surface area contributed by atoms with E-state index in [1.807, 2.05) is 44.2 Å². The van der Waals surface area contributed by atoms with Crippen LogP contribution < -0.4 is 10.6 Å². The van der Waals surface area contributed by atoms with E-state index in [1.54, 1.807) is 0 Å². The summed E-state index contributed by atoms with van der Waals surface area (Å²) in [6.07, 6.45) is 1.00. The van der Waals surface area contributed by atoms with Gasteiger partial charge in [0.15, 0.2) is 0 Å². The Bertz CT molecular complexity index is 527. The Kier molecular flexibility index (Phi) is 5.98. The maximum absolute atomic E-state index is 11.7. The minimum absolute atomic E-state index is 0.0235. The van der Waals surface area contributed by atoms with Gasteiger partial charge in [-0.3, -0.25) is 4.79 Å². The number of amides is 1. The molecule has 0 bridgehead atoms. The molecule has 3 N–H and O–H groups in total. The molecule has 126 valence electrons. The van der Waals surface area contributed by atoms with Gasteiger partial charge in [-0.1, -0.05) is 44.2 Å². The highest BCUT2D eigenvalue weighted by atomic mass is 16.5. The third-order valence-electron chi connectivity index (χ3n) is 4.02. The molecule has 6 heteroatoms. The molecule has 1 amide bonds. The summed E-state index contributed by atoms with van der Waals surface area (Å²) >= 11 is 0. The lowest BCUT2D eigenvalue weighted by Gasteiger charge is -2.38. The summed E-state index contributed by atoms with van der Waals surface area (Å²) in [7, 11) is 0. The van der Waals surface area contributed by atoms with Crippen molar-refractivity contribution in [2.24, 2.45) is 5.92 Å². The van der Waals surface area contributed by atoms with E-state index in [-0.39, 0.29) is 24.6 Å². The van der Waals surface area contributed by atoms with Crippen molar-refractivity contribution >= 4 is 12.1 Å². The maximum atomic E-state index is 11.7. The fourth-order valence-corrected chi connectivity index (χ4v) is 2.61. The topological polar surface area (TPSA) is 87.7 Å². The number of aliphatic carboxylic acids is 1. The van der Waals surface area contributed by atoms with E-state index in [1.165, 1.54) is 0 Å². The summed E-state index contributed by atoms with van der Waals surface area (Å²) in [6, 6.07) is 9.11. The first-order valence-corrected chi connectivity index (χ1v) is 7.91. The molecule has 23 heavy (non-hydrogen) atoms. The van der Waals surface area contributed by atoms with Crippen molar-refractivity contribution in [2.45, 2.75) is 51.4 Å². The van der Waals surface area contributed by atoms with Crippen molar-refractivity contribution in [1.29, 1.82) is 0 Å². The van der Waals surface area contributed by atoms with Crippen LogP contribution in [0.5, 0.6) is 0 Å². The van der Waals surface area contributed by atoms with Gasteiger partial charge in [0.25, 0.3) is 0 Å². The van der Waals surface area contributed by atoms with E-state index < -0.39 is 18.1 Å². The van der Waals surface area contributed by atoms with Crippen molar-refractivity contribution in [3.8, 4) is 0 Å². The summed E-state index contributed by atoms with van der Waals surface area (Å²) in [4.78, 5) is 22.9. The first-order chi connectivity index (χ1) is 11.0. The van der Waals surface area contributed by atoms with Crippen LogP contribution in [-0.4, -0.2) is 35.3 Å². The monoisotopic (exact) mass is 320 g/mol. The number of alkyl carbamates (subject to hydrolysis) is 1. The summed E-state index contributed by atoms with van der Waals surface area (Å²) in [5, 5.41) is 15.1. The number of hydrogen-bond donors (Lipinski definition) is 3.